The molecule has 4 heterocycles. The number of benzene rings is 18. The predicted octanol–water partition coefficient (Wildman–Crippen LogP) is 27.8. The zero-order valence-electron chi connectivity index (χ0n) is 63.7. The smallest absolute Gasteiger partial charge is 0.456 e. The number of rotatable bonds is 12. The van der Waals surface area contributed by atoms with Crippen LogP contribution >= 0.6 is 15.9 Å². The molecule has 0 aliphatic carbocycles. The lowest BCUT2D eigenvalue weighted by molar-refractivity contribution is 0.426. The topological polar surface area (TPSA) is 118 Å². The van der Waals surface area contributed by atoms with Crippen molar-refractivity contribution >= 4 is 115 Å². The van der Waals surface area contributed by atoms with E-state index in [4.69, 9.17) is 38.8 Å². The van der Waals surface area contributed by atoms with Crippen LogP contribution < -0.4 is 5.46 Å². The summed E-state index contributed by atoms with van der Waals surface area (Å²) in [6.45, 7) is 0. The van der Waals surface area contributed by atoms with Gasteiger partial charge in [0.05, 0.1) is 22.8 Å². The summed E-state index contributed by atoms with van der Waals surface area (Å²) in [6.07, 6.45) is 0. The second-order valence-electron chi connectivity index (χ2n) is 29.5. The lowest BCUT2D eigenvalue weighted by atomic mass is 9.80. The fourth-order valence-corrected chi connectivity index (χ4v) is 16.4. The van der Waals surface area contributed by atoms with Crippen molar-refractivity contribution in [2.24, 2.45) is 0 Å². The van der Waals surface area contributed by atoms with Gasteiger partial charge >= 0.3 is 7.12 Å². The molecule has 0 bridgehead atoms. The van der Waals surface area contributed by atoms with Gasteiger partial charge in [-0.1, -0.05) is 356 Å². The lowest BCUT2D eigenvalue weighted by Crippen LogP contribution is -2.29. The van der Waals surface area contributed by atoms with Crippen molar-refractivity contribution < 1.29 is 18.9 Å². The number of aromatic nitrogens is 4. The molecule has 0 aliphatic rings. The Balaban J connectivity index is 0.000000126. The van der Waals surface area contributed by atoms with Crippen LogP contribution in [-0.2, 0) is 0 Å². The fraction of sp³-hybridized carbons (Fsp3) is 0. The zero-order chi connectivity index (χ0) is 79.0. The summed E-state index contributed by atoms with van der Waals surface area (Å²) in [5.74, 6) is 1.42. The third-order valence-corrected chi connectivity index (χ3v) is 22.7. The van der Waals surface area contributed by atoms with Gasteiger partial charge in [0.15, 0.2) is 11.6 Å². The van der Waals surface area contributed by atoms with Gasteiger partial charge in [-0.05, 0) is 177 Å². The van der Waals surface area contributed by atoms with Gasteiger partial charge in [0.2, 0.25) is 0 Å². The van der Waals surface area contributed by atoms with Crippen molar-refractivity contribution in [1.82, 2.24) is 19.9 Å². The van der Waals surface area contributed by atoms with E-state index < -0.39 is 7.12 Å². The molecular weight excluding hydrogens is 1510 g/mol. The standard InChI is InChI=1S/C54H34N2O.C36H23BrN2.C18H13BO3/c1-2-10-41(11-3-1)54-55-50(34-51(56-54)40-28-24-38(25-29-40)48-33-43-12-4-5-13-44(43)45-14-6-7-15-46(45)48)39-26-22-36(23-27-39)35-18-20-37(21-19-35)42-30-31-53-49(32-42)47-16-8-9-17-52(47)57-53;37-29-20-18-26(19-21-29)35-23-34(38-36(39-35)27-8-2-1-3-9-27)25-16-14-24(15-17-25)33-22-28-10-4-5-11-30(28)31-12-6-7-13-32(31)33;20-19(21)14-8-5-12(6-9-14)13-7-10-18-16(11-13)15-3-1-2-4-17(15)22-18/h1-34H;1-23H;1-11,20-21H. The first-order valence-corrected chi connectivity index (χ1v) is 40.1. The van der Waals surface area contributed by atoms with Crippen molar-refractivity contribution in [2.45, 2.75) is 0 Å². The highest BCUT2D eigenvalue weighted by Gasteiger charge is 2.19. The molecule has 0 atom stereocenters. The Morgan fingerprint density at radius 3 is 0.864 bits per heavy atom. The molecule has 0 aliphatic heterocycles. The number of furan rings is 2. The van der Waals surface area contributed by atoms with Gasteiger partial charge in [-0.25, -0.2) is 19.9 Å². The van der Waals surface area contributed by atoms with Crippen LogP contribution in [0.2, 0.25) is 0 Å². The molecule has 22 aromatic rings. The summed E-state index contributed by atoms with van der Waals surface area (Å²) in [7, 11) is -1.44. The Labute approximate surface area is 689 Å². The summed E-state index contributed by atoms with van der Waals surface area (Å²) in [5, 5.41) is 32.9. The second-order valence-corrected chi connectivity index (χ2v) is 30.4. The molecule has 10 heteroatoms. The maximum Gasteiger partial charge on any atom is 0.488 e. The summed E-state index contributed by atoms with van der Waals surface area (Å²) in [4.78, 5) is 20.1. The molecule has 0 amide bonds. The van der Waals surface area contributed by atoms with Crippen LogP contribution in [0.4, 0.5) is 0 Å². The normalized spacial score (nSPS) is 11.3. The fourth-order valence-electron chi connectivity index (χ4n) is 16.1. The van der Waals surface area contributed by atoms with Crippen molar-refractivity contribution in [3.8, 4) is 123 Å². The first-order chi connectivity index (χ1) is 58.2. The van der Waals surface area contributed by atoms with Crippen LogP contribution in [0.5, 0.6) is 0 Å². The number of nitrogens with zero attached hydrogens (tertiary/aromatic N) is 4. The minimum absolute atomic E-state index is 0.485. The number of halogens is 1. The van der Waals surface area contributed by atoms with Crippen LogP contribution in [0.25, 0.3) is 210 Å². The number of fused-ring (bicyclic) bond motifs is 12. The Morgan fingerprint density at radius 1 is 0.203 bits per heavy atom. The van der Waals surface area contributed by atoms with Gasteiger partial charge in [0.25, 0.3) is 0 Å². The van der Waals surface area contributed by atoms with Crippen LogP contribution in [0.1, 0.15) is 0 Å². The molecule has 118 heavy (non-hydrogen) atoms. The highest BCUT2D eigenvalue weighted by molar-refractivity contribution is 9.10. The maximum absolute atomic E-state index is 9.16. The van der Waals surface area contributed by atoms with E-state index in [0.717, 1.165) is 133 Å². The monoisotopic (exact) mass is 1580 g/mol. The van der Waals surface area contributed by atoms with Crippen molar-refractivity contribution in [2.75, 3.05) is 0 Å². The van der Waals surface area contributed by atoms with Crippen LogP contribution in [0.15, 0.2) is 426 Å². The number of hydrogen-bond donors (Lipinski definition) is 2. The van der Waals surface area contributed by atoms with E-state index in [2.05, 4.69) is 313 Å². The highest BCUT2D eigenvalue weighted by atomic mass is 79.9. The molecule has 4 aromatic heterocycles. The van der Waals surface area contributed by atoms with E-state index in [1.54, 1.807) is 12.1 Å². The van der Waals surface area contributed by atoms with Crippen molar-refractivity contribution in [3.63, 3.8) is 0 Å². The molecular formula is C108H70BBrN4O4. The molecule has 0 fully saturated rings. The minimum Gasteiger partial charge on any atom is -0.456 e. The first-order valence-electron chi connectivity index (χ1n) is 39.3. The van der Waals surface area contributed by atoms with E-state index in [9.17, 15) is 0 Å². The molecule has 0 unspecified atom stereocenters. The second kappa shape index (κ2) is 31.5. The van der Waals surface area contributed by atoms with Gasteiger partial charge in [-0.15, -0.1) is 0 Å². The SMILES string of the molecule is Brc1ccc(-c2cc(-c3ccc(-c4cc5ccccc5c5ccccc45)cc3)nc(-c3ccccc3)n2)cc1.OB(O)c1ccc(-c2ccc3oc4ccccc4c3c2)cc1.c1ccc(-c2nc(-c3ccc(-c4ccc(-c5ccc6oc7ccccc7c6c5)cc4)cc3)cc(-c3ccc(-c4cc5ccccc5c5ccccc45)cc3)n2)cc1. The van der Waals surface area contributed by atoms with E-state index in [1.807, 2.05) is 103 Å². The minimum atomic E-state index is -1.44. The summed E-state index contributed by atoms with van der Waals surface area (Å²) < 4.78 is 12.9. The molecule has 8 nitrogen and oxygen atoms in total. The largest absolute Gasteiger partial charge is 0.488 e. The van der Waals surface area contributed by atoms with E-state index >= 15 is 0 Å². The molecule has 0 radical (unpaired) electrons. The van der Waals surface area contributed by atoms with Crippen LogP contribution in [-0.4, -0.2) is 37.1 Å². The molecule has 22 rings (SSSR count). The quantitative estimate of drug-likeness (QED) is 0.0917. The lowest BCUT2D eigenvalue weighted by Gasteiger charge is -2.13. The molecule has 18 aromatic carbocycles. The number of hydrogen-bond acceptors (Lipinski definition) is 8. The Bertz CT molecular complexity index is 7490. The van der Waals surface area contributed by atoms with Crippen LogP contribution in [0.3, 0.4) is 0 Å². The van der Waals surface area contributed by atoms with E-state index in [-0.39, 0.29) is 0 Å². The van der Waals surface area contributed by atoms with Gasteiger partial charge in [-0.3, -0.25) is 0 Å². The van der Waals surface area contributed by atoms with Crippen molar-refractivity contribution in [3.05, 3.63) is 417 Å². The molecule has 2 N–H and O–H groups in total. The zero-order valence-corrected chi connectivity index (χ0v) is 65.3. The first kappa shape index (κ1) is 72.2. The van der Waals surface area contributed by atoms with Gasteiger partial charge in [0.1, 0.15) is 22.3 Å². The molecule has 0 spiro atoms. The van der Waals surface area contributed by atoms with Crippen molar-refractivity contribution in [1.29, 1.82) is 0 Å². The van der Waals surface area contributed by atoms with E-state index in [1.165, 1.54) is 76.5 Å². The number of para-hydroxylation sites is 2. The molecule has 0 saturated carbocycles. The predicted molar refractivity (Wildman–Crippen MR) is 492 cm³/mol. The van der Waals surface area contributed by atoms with Crippen LogP contribution in [0, 0.1) is 0 Å². The Kier molecular flexibility index (Phi) is 19.3. The van der Waals surface area contributed by atoms with Gasteiger partial charge < -0.3 is 18.9 Å². The Hall–Kier alpha value is -14.8. The van der Waals surface area contributed by atoms with Gasteiger partial charge in [-0.2, -0.15) is 0 Å². The maximum atomic E-state index is 9.16. The average molecular weight is 1580 g/mol. The summed E-state index contributed by atoms with van der Waals surface area (Å²) in [6, 6.07) is 143. The third kappa shape index (κ3) is 14.5. The Morgan fingerprint density at radius 2 is 0.483 bits per heavy atom. The van der Waals surface area contributed by atoms with Gasteiger partial charge in [0, 0.05) is 59.4 Å². The molecule has 0 saturated heterocycles. The summed E-state index contributed by atoms with van der Waals surface area (Å²) in [5.41, 5.74) is 25.4. The summed E-state index contributed by atoms with van der Waals surface area (Å²) >= 11 is 3.54. The molecule has 556 valence electrons. The highest BCUT2D eigenvalue weighted by Crippen LogP contribution is 2.42. The average Bonchev–Trinajstić information content (AvgIpc) is 1.24. The third-order valence-electron chi connectivity index (χ3n) is 22.2. The van der Waals surface area contributed by atoms with E-state index in [0.29, 0.717) is 11.3 Å².